The van der Waals surface area contributed by atoms with E-state index in [4.69, 9.17) is 0 Å². The molecule has 134 valence electrons. The zero-order valence-electron chi connectivity index (χ0n) is 14.1. The molecule has 3 rings (SSSR count). The number of rotatable bonds is 4. The smallest absolute Gasteiger partial charge is 0.292 e. The molecule has 0 aliphatic carbocycles. The van der Waals surface area contributed by atoms with Crippen LogP contribution in [0.3, 0.4) is 0 Å². The van der Waals surface area contributed by atoms with Gasteiger partial charge in [0.1, 0.15) is 6.54 Å². The summed E-state index contributed by atoms with van der Waals surface area (Å²) in [6.45, 7) is 3.71. The van der Waals surface area contributed by atoms with Crippen LogP contribution in [0.1, 0.15) is 27.0 Å². The number of alkyl halides is 3. The quantitative estimate of drug-likeness (QED) is 0.663. The minimum Gasteiger partial charge on any atom is -0.292 e. The molecule has 0 amide bonds. The number of hydrogen-bond acceptors (Lipinski definition) is 4. The van der Waals surface area contributed by atoms with Gasteiger partial charge in [-0.25, -0.2) is 0 Å². The van der Waals surface area contributed by atoms with Gasteiger partial charge in [0.15, 0.2) is 5.78 Å². The fraction of sp³-hybridized carbons (Fsp3) is 0.222. The SMILES string of the molecule is Cc1ccc(C(=O)Cn2nnc(-c3cccc(C(F)(F)F)c3)n2)cc1C. The van der Waals surface area contributed by atoms with Crippen LogP contribution in [0.4, 0.5) is 13.2 Å². The summed E-state index contributed by atoms with van der Waals surface area (Å²) < 4.78 is 38.4. The summed E-state index contributed by atoms with van der Waals surface area (Å²) >= 11 is 0. The Kier molecular flexibility index (Phi) is 4.58. The van der Waals surface area contributed by atoms with E-state index < -0.39 is 11.7 Å². The molecular formula is C18H15F3N4O. The number of Topliss-reactive ketones (excluding diaryl/α,β-unsaturated/α-hetero) is 1. The van der Waals surface area contributed by atoms with E-state index in [1.807, 2.05) is 19.9 Å². The van der Waals surface area contributed by atoms with E-state index in [2.05, 4.69) is 15.4 Å². The summed E-state index contributed by atoms with van der Waals surface area (Å²) in [7, 11) is 0. The van der Waals surface area contributed by atoms with E-state index in [0.717, 1.165) is 28.1 Å². The number of aryl methyl sites for hydroxylation is 2. The lowest BCUT2D eigenvalue weighted by Gasteiger charge is -2.06. The van der Waals surface area contributed by atoms with Crippen LogP contribution in [0.25, 0.3) is 11.4 Å². The number of tetrazole rings is 1. The highest BCUT2D eigenvalue weighted by molar-refractivity contribution is 5.96. The van der Waals surface area contributed by atoms with Gasteiger partial charge in [-0.2, -0.15) is 18.0 Å². The summed E-state index contributed by atoms with van der Waals surface area (Å²) in [5.74, 6) is -0.176. The molecule has 0 unspecified atom stereocenters. The Labute approximate surface area is 147 Å². The van der Waals surface area contributed by atoms with Crippen LogP contribution >= 0.6 is 0 Å². The molecule has 0 aliphatic heterocycles. The van der Waals surface area contributed by atoms with E-state index >= 15 is 0 Å². The number of carbonyl (C=O) groups is 1. The van der Waals surface area contributed by atoms with Crippen molar-refractivity contribution in [2.45, 2.75) is 26.6 Å². The van der Waals surface area contributed by atoms with Gasteiger partial charge in [0.05, 0.1) is 5.56 Å². The number of ketones is 1. The Morgan fingerprint density at radius 1 is 1.08 bits per heavy atom. The van der Waals surface area contributed by atoms with Crippen molar-refractivity contribution in [1.82, 2.24) is 20.2 Å². The zero-order chi connectivity index (χ0) is 18.9. The van der Waals surface area contributed by atoms with Gasteiger partial charge in [0.25, 0.3) is 0 Å². The second-order valence-electron chi connectivity index (χ2n) is 5.94. The van der Waals surface area contributed by atoms with E-state index in [1.165, 1.54) is 12.1 Å². The third-order valence-electron chi connectivity index (χ3n) is 4.01. The van der Waals surface area contributed by atoms with Gasteiger partial charge in [-0.15, -0.1) is 10.2 Å². The van der Waals surface area contributed by atoms with Gasteiger partial charge in [0.2, 0.25) is 5.82 Å². The van der Waals surface area contributed by atoms with Crippen LogP contribution in [0.5, 0.6) is 0 Å². The highest BCUT2D eigenvalue weighted by atomic mass is 19.4. The molecule has 1 heterocycles. The Balaban J connectivity index is 1.80. The van der Waals surface area contributed by atoms with Crippen LogP contribution < -0.4 is 0 Å². The topological polar surface area (TPSA) is 60.7 Å². The maximum atomic E-state index is 12.8. The predicted octanol–water partition coefficient (Wildman–Crippen LogP) is 3.86. The number of halogens is 3. The molecule has 5 nitrogen and oxygen atoms in total. The molecule has 0 atom stereocenters. The summed E-state index contributed by atoms with van der Waals surface area (Å²) in [6, 6.07) is 10.0. The minimum absolute atomic E-state index is 0.0315. The van der Waals surface area contributed by atoms with Crippen LogP contribution in [-0.2, 0) is 12.7 Å². The lowest BCUT2D eigenvalue weighted by atomic mass is 10.0. The monoisotopic (exact) mass is 360 g/mol. The molecule has 0 aliphatic rings. The van der Waals surface area contributed by atoms with Crippen LogP contribution in [0.2, 0.25) is 0 Å². The average Bonchev–Trinajstić information content (AvgIpc) is 3.05. The molecule has 0 saturated carbocycles. The summed E-state index contributed by atoms with van der Waals surface area (Å²) in [4.78, 5) is 13.4. The third-order valence-corrected chi connectivity index (χ3v) is 4.01. The fourth-order valence-corrected chi connectivity index (χ4v) is 2.39. The van der Waals surface area contributed by atoms with Crippen molar-refractivity contribution >= 4 is 5.78 Å². The van der Waals surface area contributed by atoms with E-state index in [1.54, 1.807) is 12.1 Å². The van der Waals surface area contributed by atoms with Crippen LogP contribution in [0.15, 0.2) is 42.5 Å². The van der Waals surface area contributed by atoms with Gasteiger partial charge >= 0.3 is 6.18 Å². The van der Waals surface area contributed by atoms with E-state index in [9.17, 15) is 18.0 Å². The Hall–Kier alpha value is -3.03. The van der Waals surface area contributed by atoms with Gasteiger partial charge in [-0.3, -0.25) is 4.79 Å². The largest absolute Gasteiger partial charge is 0.416 e. The Morgan fingerprint density at radius 2 is 1.85 bits per heavy atom. The van der Waals surface area contributed by atoms with Crippen molar-refractivity contribution in [3.05, 3.63) is 64.7 Å². The van der Waals surface area contributed by atoms with Crippen LogP contribution in [-0.4, -0.2) is 26.0 Å². The highest BCUT2D eigenvalue weighted by Crippen LogP contribution is 2.31. The standard InChI is InChI=1S/C18H15F3N4O/c1-11-6-7-13(8-12(11)2)16(26)10-25-23-17(22-24-25)14-4-3-5-15(9-14)18(19,20)21/h3-9H,10H2,1-2H3. The summed E-state index contributed by atoms with van der Waals surface area (Å²) in [6.07, 6.45) is -4.45. The van der Waals surface area contributed by atoms with Gasteiger partial charge < -0.3 is 0 Å². The van der Waals surface area contributed by atoms with Gasteiger partial charge in [0, 0.05) is 11.1 Å². The number of nitrogens with zero attached hydrogens (tertiary/aromatic N) is 4. The predicted molar refractivity (Wildman–Crippen MR) is 88.5 cm³/mol. The number of carbonyl (C=O) groups excluding carboxylic acids is 1. The molecule has 0 radical (unpaired) electrons. The Bertz CT molecular complexity index is 963. The highest BCUT2D eigenvalue weighted by Gasteiger charge is 2.30. The summed E-state index contributed by atoms with van der Waals surface area (Å²) in [5.41, 5.74) is 1.98. The van der Waals surface area contributed by atoms with Crippen molar-refractivity contribution in [3.8, 4) is 11.4 Å². The molecule has 1 aromatic heterocycles. The van der Waals surface area contributed by atoms with E-state index in [0.29, 0.717) is 5.56 Å². The van der Waals surface area contributed by atoms with Gasteiger partial charge in [-0.1, -0.05) is 24.3 Å². The maximum Gasteiger partial charge on any atom is 0.416 e. The first-order valence-corrected chi connectivity index (χ1v) is 7.80. The molecule has 3 aromatic rings. The maximum absolute atomic E-state index is 12.8. The molecule has 0 bridgehead atoms. The molecule has 2 aromatic carbocycles. The first-order valence-electron chi connectivity index (χ1n) is 7.80. The van der Waals surface area contributed by atoms with Crippen molar-refractivity contribution in [1.29, 1.82) is 0 Å². The molecule has 8 heteroatoms. The first kappa shape index (κ1) is 17.8. The molecular weight excluding hydrogens is 345 g/mol. The Morgan fingerprint density at radius 3 is 2.54 bits per heavy atom. The summed E-state index contributed by atoms with van der Waals surface area (Å²) in [5, 5.41) is 11.5. The minimum atomic E-state index is -4.45. The lowest BCUT2D eigenvalue weighted by Crippen LogP contribution is -2.13. The van der Waals surface area contributed by atoms with E-state index in [-0.39, 0.29) is 23.7 Å². The van der Waals surface area contributed by atoms with Crippen molar-refractivity contribution in [3.63, 3.8) is 0 Å². The number of aromatic nitrogens is 4. The zero-order valence-corrected chi connectivity index (χ0v) is 14.1. The molecule has 0 fully saturated rings. The molecule has 26 heavy (non-hydrogen) atoms. The van der Waals surface area contributed by atoms with Gasteiger partial charge in [-0.05, 0) is 48.4 Å². The lowest BCUT2D eigenvalue weighted by molar-refractivity contribution is -0.137. The second kappa shape index (κ2) is 6.70. The second-order valence-corrected chi connectivity index (χ2v) is 5.94. The molecule has 0 N–H and O–H groups in total. The molecule has 0 saturated heterocycles. The molecule has 0 spiro atoms. The van der Waals surface area contributed by atoms with Crippen molar-refractivity contribution in [2.24, 2.45) is 0 Å². The third kappa shape index (κ3) is 3.79. The average molecular weight is 360 g/mol. The fourth-order valence-electron chi connectivity index (χ4n) is 2.39. The normalized spacial score (nSPS) is 11.6. The number of hydrogen-bond donors (Lipinski definition) is 0. The van der Waals surface area contributed by atoms with Crippen molar-refractivity contribution in [2.75, 3.05) is 0 Å². The van der Waals surface area contributed by atoms with Crippen molar-refractivity contribution < 1.29 is 18.0 Å². The number of benzene rings is 2. The first-order chi connectivity index (χ1) is 12.2. The van der Waals surface area contributed by atoms with Crippen LogP contribution in [0, 0.1) is 13.8 Å².